The number of fused-ring (bicyclic) bond motifs is 2. The molecule has 0 aliphatic carbocycles. The number of pyridine rings is 1. The molecule has 0 bridgehead atoms. The molecule has 4 aromatic rings. The quantitative estimate of drug-likeness (QED) is 0.464. The zero-order valence-corrected chi connectivity index (χ0v) is 18.9. The average Bonchev–Trinajstić information content (AvgIpc) is 3.14. The van der Waals surface area contributed by atoms with Gasteiger partial charge in [0.15, 0.2) is 5.82 Å². The van der Waals surface area contributed by atoms with Crippen molar-refractivity contribution in [2.24, 2.45) is 0 Å². The second-order valence-electron chi connectivity index (χ2n) is 8.91. The molecule has 8 nitrogen and oxygen atoms in total. The number of likely N-dealkylation sites (tertiary alicyclic amines) is 1. The summed E-state index contributed by atoms with van der Waals surface area (Å²) in [6, 6.07) is 7.98. The predicted molar refractivity (Wildman–Crippen MR) is 123 cm³/mol. The number of halogens is 3. The second kappa shape index (κ2) is 8.35. The SMILES string of the molecule is COc1nc(N[C@@H]2CCN(C3COC3)CC2(F)F)nn2cc(F)c(-c3ccc4ncccc4c3)c12. The van der Waals surface area contributed by atoms with Crippen molar-refractivity contribution in [3.63, 3.8) is 0 Å². The van der Waals surface area contributed by atoms with E-state index < -0.39 is 17.8 Å². The van der Waals surface area contributed by atoms with Crippen LogP contribution in [0.5, 0.6) is 5.88 Å². The fourth-order valence-electron chi connectivity index (χ4n) is 4.78. The highest BCUT2D eigenvalue weighted by molar-refractivity contribution is 5.91. The number of aromatic nitrogens is 4. The molecule has 2 aliphatic rings. The normalized spacial score (nSPS) is 20.7. The molecule has 2 fully saturated rings. The van der Waals surface area contributed by atoms with Crippen LogP contribution in [-0.4, -0.2) is 75.9 Å². The molecule has 2 saturated heterocycles. The molecule has 0 amide bonds. The fraction of sp³-hybridized carbons (Fsp3) is 0.375. The zero-order chi connectivity index (χ0) is 24.2. The Morgan fingerprint density at radius 1 is 1.23 bits per heavy atom. The first-order valence-electron chi connectivity index (χ1n) is 11.4. The van der Waals surface area contributed by atoms with E-state index in [1.54, 1.807) is 23.2 Å². The number of hydrogen-bond acceptors (Lipinski definition) is 7. The number of rotatable bonds is 5. The molecule has 6 rings (SSSR count). The molecule has 1 atom stereocenters. The maximum absolute atomic E-state index is 15.2. The van der Waals surface area contributed by atoms with Gasteiger partial charge in [0.25, 0.3) is 5.92 Å². The number of benzene rings is 1. The summed E-state index contributed by atoms with van der Waals surface area (Å²) in [5, 5.41) is 7.90. The molecule has 35 heavy (non-hydrogen) atoms. The van der Waals surface area contributed by atoms with Crippen molar-refractivity contribution < 1.29 is 22.6 Å². The summed E-state index contributed by atoms with van der Waals surface area (Å²) >= 11 is 0. The van der Waals surface area contributed by atoms with E-state index in [1.807, 2.05) is 18.2 Å². The summed E-state index contributed by atoms with van der Waals surface area (Å²) in [5.74, 6) is -3.49. The number of anilines is 1. The van der Waals surface area contributed by atoms with Gasteiger partial charge in [0.05, 0.1) is 56.2 Å². The lowest BCUT2D eigenvalue weighted by Crippen LogP contribution is -2.61. The molecular weight excluding hydrogens is 461 g/mol. The minimum atomic E-state index is -2.99. The lowest BCUT2D eigenvalue weighted by atomic mass is 9.98. The van der Waals surface area contributed by atoms with E-state index in [9.17, 15) is 8.78 Å². The van der Waals surface area contributed by atoms with Crippen LogP contribution in [0.1, 0.15) is 6.42 Å². The average molecular weight is 484 g/mol. The molecule has 0 radical (unpaired) electrons. The molecule has 182 valence electrons. The van der Waals surface area contributed by atoms with Gasteiger partial charge in [-0.3, -0.25) is 9.88 Å². The smallest absolute Gasteiger partial charge is 0.280 e. The summed E-state index contributed by atoms with van der Waals surface area (Å²) in [7, 11) is 1.40. The van der Waals surface area contributed by atoms with Crippen LogP contribution in [0, 0.1) is 5.82 Å². The standard InChI is InChI=1S/C24H23F3N6O2/c1-34-22-21-20(15-4-5-18-14(9-15)3-2-7-28-18)17(25)10-33(21)31-23(30-22)29-19-6-8-32(13-24(19,26)27)16-11-35-12-16/h2-5,7,9-10,16,19H,6,8,11-13H2,1H3,(H,29,31)/t19-/m1/s1. The summed E-state index contributed by atoms with van der Waals surface area (Å²) in [5.41, 5.74) is 1.96. The number of nitrogens with one attached hydrogen (secondary N) is 1. The lowest BCUT2D eigenvalue weighted by molar-refractivity contribution is -0.131. The van der Waals surface area contributed by atoms with Crippen molar-refractivity contribution in [3.8, 4) is 17.0 Å². The van der Waals surface area contributed by atoms with Crippen LogP contribution >= 0.6 is 0 Å². The highest BCUT2D eigenvalue weighted by Crippen LogP contribution is 2.36. The Morgan fingerprint density at radius 3 is 2.83 bits per heavy atom. The van der Waals surface area contributed by atoms with Crippen LogP contribution in [0.25, 0.3) is 27.5 Å². The first kappa shape index (κ1) is 22.1. The van der Waals surface area contributed by atoms with Gasteiger partial charge in [-0.2, -0.15) is 4.98 Å². The van der Waals surface area contributed by atoms with Gasteiger partial charge in [-0.05, 0) is 30.2 Å². The van der Waals surface area contributed by atoms with E-state index >= 15 is 4.39 Å². The van der Waals surface area contributed by atoms with Crippen LogP contribution in [-0.2, 0) is 4.74 Å². The summed E-state index contributed by atoms with van der Waals surface area (Å²) < 4.78 is 56.9. The minimum Gasteiger partial charge on any atom is -0.479 e. The highest BCUT2D eigenvalue weighted by atomic mass is 19.3. The van der Waals surface area contributed by atoms with Gasteiger partial charge in [-0.1, -0.05) is 12.1 Å². The van der Waals surface area contributed by atoms with E-state index in [0.29, 0.717) is 30.8 Å². The summed E-state index contributed by atoms with van der Waals surface area (Å²) in [6.07, 6.45) is 3.10. The van der Waals surface area contributed by atoms with E-state index in [0.717, 1.165) is 10.9 Å². The summed E-state index contributed by atoms with van der Waals surface area (Å²) in [4.78, 5) is 10.4. The van der Waals surface area contributed by atoms with E-state index in [1.165, 1.54) is 17.8 Å². The Kier molecular flexibility index (Phi) is 5.26. The Labute approximate surface area is 198 Å². The molecule has 5 heterocycles. The minimum absolute atomic E-state index is 0.0432. The van der Waals surface area contributed by atoms with Crippen molar-refractivity contribution in [1.29, 1.82) is 0 Å². The van der Waals surface area contributed by atoms with Crippen LogP contribution in [0.3, 0.4) is 0 Å². The third-order valence-corrected chi connectivity index (χ3v) is 6.71. The lowest BCUT2D eigenvalue weighted by Gasteiger charge is -2.44. The first-order chi connectivity index (χ1) is 16.9. The van der Waals surface area contributed by atoms with E-state index in [2.05, 4.69) is 20.4 Å². The van der Waals surface area contributed by atoms with Crippen molar-refractivity contribution in [1.82, 2.24) is 24.5 Å². The van der Waals surface area contributed by atoms with Crippen molar-refractivity contribution >= 4 is 22.4 Å². The van der Waals surface area contributed by atoms with E-state index in [-0.39, 0.29) is 36.4 Å². The number of hydrogen-bond donors (Lipinski definition) is 1. The third-order valence-electron chi connectivity index (χ3n) is 6.71. The Hall–Kier alpha value is -3.44. The molecule has 0 unspecified atom stereocenters. The van der Waals surface area contributed by atoms with Crippen LogP contribution in [0.2, 0.25) is 0 Å². The van der Waals surface area contributed by atoms with Crippen molar-refractivity contribution in [3.05, 3.63) is 48.5 Å². The molecular formula is C24H23F3N6O2. The maximum atomic E-state index is 15.2. The van der Waals surface area contributed by atoms with Gasteiger partial charge in [0, 0.05) is 18.1 Å². The first-order valence-corrected chi connectivity index (χ1v) is 11.4. The molecule has 0 spiro atoms. The fourth-order valence-corrected chi connectivity index (χ4v) is 4.78. The van der Waals surface area contributed by atoms with Crippen LogP contribution < -0.4 is 10.1 Å². The molecule has 3 aromatic heterocycles. The zero-order valence-electron chi connectivity index (χ0n) is 18.9. The Bertz CT molecular complexity index is 1410. The van der Waals surface area contributed by atoms with Crippen molar-refractivity contribution in [2.75, 3.05) is 38.7 Å². The highest BCUT2D eigenvalue weighted by Gasteiger charge is 2.47. The number of methoxy groups -OCH3 is 1. The number of nitrogens with zero attached hydrogens (tertiary/aromatic N) is 5. The number of piperidine rings is 1. The van der Waals surface area contributed by atoms with Gasteiger partial charge in [0.2, 0.25) is 11.8 Å². The predicted octanol–water partition coefficient (Wildman–Crippen LogP) is 3.61. The molecule has 0 saturated carbocycles. The summed E-state index contributed by atoms with van der Waals surface area (Å²) in [6.45, 7) is 1.12. The topological polar surface area (TPSA) is 76.8 Å². The van der Waals surface area contributed by atoms with Crippen LogP contribution in [0.15, 0.2) is 42.7 Å². The van der Waals surface area contributed by atoms with E-state index in [4.69, 9.17) is 9.47 Å². The second-order valence-corrected chi connectivity index (χ2v) is 8.91. The number of alkyl halides is 2. The molecule has 1 N–H and O–H groups in total. The van der Waals surface area contributed by atoms with Gasteiger partial charge in [-0.25, -0.2) is 17.7 Å². The monoisotopic (exact) mass is 484 g/mol. The maximum Gasteiger partial charge on any atom is 0.280 e. The molecule has 11 heteroatoms. The largest absolute Gasteiger partial charge is 0.479 e. The molecule has 2 aliphatic heterocycles. The Morgan fingerprint density at radius 2 is 2.09 bits per heavy atom. The van der Waals surface area contributed by atoms with Crippen molar-refractivity contribution in [2.45, 2.75) is 24.4 Å². The number of ether oxygens (including phenoxy) is 2. The van der Waals surface area contributed by atoms with Gasteiger partial charge in [0.1, 0.15) is 5.52 Å². The van der Waals surface area contributed by atoms with Crippen LogP contribution in [0.4, 0.5) is 19.1 Å². The van der Waals surface area contributed by atoms with Gasteiger partial charge >= 0.3 is 0 Å². The molecule has 1 aromatic carbocycles. The third kappa shape index (κ3) is 3.84. The van der Waals surface area contributed by atoms with Gasteiger partial charge < -0.3 is 14.8 Å². The van der Waals surface area contributed by atoms with Gasteiger partial charge in [-0.15, -0.1) is 5.10 Å². The Balaban J connectivity index is 1.33.